The number of carbonyl (C=O) groups excluding carboxylic acids is 4. The van der Waals surface area contributed by atoms with Crippen molar-refractivity contribution in [3.05, 3.63) is 54.1 Å². The first-order chi connectivity index (χ1) is 18.6. The van der Waals surface area contributed by atoms with Gasteiger partial charge in [-0.05, 0) is 67.5 Å². The highest BCUT2D eigenvalue weighted by molar-refractivity contribution is 5.91. The van der Waals surface area contributed by atoms with Crippen LogP contribution in [-0.4, -0.2) is 53.8 Å². The number of nitrogens with one attached hydrogen (secondary N) is 2. The van der Waals surface area contributed by atoms with E-state index in [4.69, 9.17) is 9.47 Å². The summed E-state index contributed by atoms with van der Waals surface area (Å²) in [4.78, 5) is 52.0. The third-order valence-electron chi connectivity index (χ3n) is 7.29. The molecule has 1 unspecified atom stereocenters. The maximum atomic E-state index is 13.1. The highest BCUT2D eigenvalue weighted by atomic mass is 16.5. The van der Waals surface area contributed by atoms with Gasteiger partial charge in [0.25, 0.3) is 5.91 Å². The number of hydrogen-bond acceptors (Lipinski definition) is 7. The predicted octanol–water partition coefficient (Wildman–Crippen LogP) is 3.58. The Morgan fingerprint density at radius 2 is 1.72 bits per heavy atom. The highest BCUT2D eigenvalue weighted by Crippen LogP contribution is 2.27. The molecule has 208 valence electrons. The molecular formula is C30H37N3O6. The van der Waals surface area contributed by atoms with E-state index < -0.39 is 30.1 Å². The van der Waals surface area contributed by atoms with E-state index in [-0.39, 0.29) is 36.5 Å². The fraction of sp³-hybridized carbons (Fsp3) is 0.467. The summed E-state index contributed by atoms with van der Waals surface area (Å²) in [5.41, 5.74) is 5.73. The Kier molecular flexibility index (Phi) is 9.01. The van der Waals surface area contributed by atoms with E-state index in [1.165, 1.54) is 5.01 Å². The van der Waals surface area contributed by atoms with Gasteiger partial charge < -0.3 is 14.8 Å². The van der Waals surface area contributed by atoms with Gasteiger partial charge in [0.1, 0.15) is 30.5 Å². The van der Waals surface area contributed by atoms with Crippen LogP contribution in [-0.2, 0) is 23.9 Å². The van der Waals surface area contributed by atoms with Gasteiger partial charge >= 0.3 is 5.97 Å². The number of hydrogen-bond donors (Lipinski definition) is 2. The molecule has 0 spiro atoms. The van der Waals surface area contributed by atoms with Crippen molar-refractivity contribution >= 4 is 23.6 Å². The summed E-state index contributed by atoms with van der Waals surface area (Å²) in [7, 11) is 0. The van der Waals surface area contributed by atoms with Crippen molar-refractivity contribution in [3.8, 4) is 16.9 Å². The molecule has 5 rings (SSSR count). The summed E-state index contributed by atoms with van der Waals surface area (Å²) in [6.07, 6.45) is 0.649. The molecule has 0 aliphatic carbocycles. The molecule has 2 aromatic rings. The smallest absolute Gasteiger partial charge is 0.325 e. The molecule has 3 aliphatic heterocycles. The number of rotatable bonds is 1. The SMILES string of the molecule is CC(C)C1CC(=O)COc2ccc(cc2)-c2cccc(c2)[C@@H](C)OC(=O)[C@@H]2CCCN(N2)C(=O)[C@H](C)NC1=O. The fourth-order valence-corrected chi connectivity index (χ4v) is 4.87. The predicted molar refractivity (Wildman–Crippen MR) is 145 cm³/mol. The van der Waals surface area contributed by atoms with E-state index in [1.807, 2.05) is 57.2 Å². The monoisotopic (exact) mass is 535 g/mol. The van der Waals surface area contributed by atoms with Gasteiger partial charge in [-0.1, -0.05) is 44.2 Å². The van der Waals surface area contributed by atoms with E-state index in [0.29, 0.717) is 25.1 Å². The third kappa shape index (κ3) is 7.03. The van der Waals surface area contributed by atoms with E-state index in [2.05, 4.69) is 10.7 Å². The number of hydrazine groups is 1. The first kappa shape index (κ1) is 28.3. The van der Waals surface area contributed by atoms with Gasteiger partial charge in [0, 0.05) is 18.9 Å². The Morgan fingerprint density at radius 3 is 2.44 bits per heavy atom. The van der Waals surface area contributed by atoms with Crippen molar-refractivity contribution in [2.24, 2.45) is 11.8 Å². The van der Waals surface area contributed by atoms with Gasteiger partial charge in [0.2, 0.25) is 5.91 Å². The topological polar surface area (TPSA) is 114 Å². The van der Waals surface area contributed by atoms with Crippen molar-refractivity contribution in [2.45, 2.75) is 65.1 Å². The molecule has 4 atom stereocenters. The average Bonchev–Trinajstić information content (AvgIpc) is 2.94. The molecule has 0 aromatic heterocycles. The molecule has 9 heteroatoms. The molecule has 0 radical (unpaired) electrons. The number of ketones is 1. The number of benzene rings is 2. The molecule has 1 fully saturated rings. The van der Waals surface area contributed by atoms with Crippen LogP contribution in [0.2, 0.25) is 0 Å². The molecule has 2 aromatic carbocycles. The van der Waals surface area contributed by atoms with Crippen LogP contribution in [0.25, 0.3) is 11.1 Å². The third-order valence-corrected chi connectivity index (χ3v) is 7.29. The Bertz CT molecular complexity index is 1210. The molecular weight excluding hydrogens is 498 g/mol. The zero-order valence-electron chi connectivity index (χ0n) is 22.9. The van der Waals surface area contributed by atoms with Crippen molar-refractivity contribution in [1.82, 2.24) is 15.8 Å². The molecule has 3 heterocycles. The number of nitrogens with zero attached hydrogens (tertiary/aromatic N) is 1. The Hall–Kier alpha value is -3.72. The lowest BCUT2D eigenvalue weighted by molar-refractivity contribution is -0.157. The van der Waals surface area contributed by atoms with Crippen LogP contribution in [0, 0.1) is 11.8 Å². The second-order valence-corrected chi connectivity index (χ2v) is 10.7. The van der Waals surface area contributed by atoms with Crippen LogP contribution < -0.4 is 15.5 Å². The molecule has 2 amide bonds. The van der Waals surface area contributed by atoms with E-state index >= 15 is 0 Å². The normalized spacial score (nSPS) is 25.3. The van der Waals surface area contributed by atoms with Gasteiger partial charge in [-0.2, -0.15) is 0 Å². The van der Waals surface area contributed by atoms with Gasteiger partial charge in [0.15, 0.2) is 5.78 Å². The van der Waals surface area contributed by atoms with E-state index in [9.17, 15) is 19.2 Å². The van der Waals surface area contributed by atoms with Crippen LogP contribution in [0.3, 0.4) is 0 Å². The van der Waals surface area contributed by atoms with Crippen LogP contribution in [0.15, 0.2) is 48.5 Å². The zero-order chi connectivity index (χ0) is 28.1. The number of carbonyl (C=O) groups is 4. The molecule has 6 bridgehead atoms. The van der Waals surface area contributed by atoms with Gasteiger partial charge in [-0.25, -0.2) is 5.43 Å². The second-order valence-electron chi connectivity index (χ2n) is 10.7. The Balaban J connectivity index is 1.61. The van der Waals surface area contributed by atoms with E-state index in [1.54, 1.807) is 19.1 Å². The van der Waals surface area contributed by atoms with Crippen LogP contribution in [0.5, 0.6) is 5.75 Å². The van der Waals surface area contributed by atoms with Crippen LogP contribution >= 0.6 is 0 Å². The van der Waals surface area contributed by atoms with E-state index in [0.717, 1.165) is 16.7 Å². The van der Waals surface area contributed by atoms with Crippen molar-refractivity contribution in [2.75, 3.05) is 13.2 Å². The molecule has 0 saturated carbocycles. The minimum atomic E-state index is -0.842. The first-order valence-corrected chi connectivity index (χ1v) is 13.6. The summed E-state index contributed by atoms with van der Waals surface area (Å²) >= 11 is 0. The summed E-state index contributed by atoms with van der Waals surface area (Å²) in [6, 6.07) is 13.7. The second kappa shape index (κ2) is 12.4. The minimum absolute atomic E-state index is 0.00332. The number of esters is 1. The Labute approximate surface area is 229 Å². The largest absolute Gasteiger partial charge is 0.486 e. The zero-order valence-corrected chi connectivity index (χ0v) is 22.9. The summed E-state index contributed by atoms with van der Waals surface area (Å²) in [5, 5.41) is 4.14. The first-order valence-electron chi connectivity index (χ1n) is 13.6. The lowest BCUT2D eigenvalue weighted by Gasteiger charge is -2.35. The molecule has 3 aliphatic rings. The van der Waals surface area contributed by atoms with Gasteiger partial charge in [-0.15, -0.1) is 0 Å². The average molecular weight is 536 g/mol. The van der Waals surface area contributed by atoms with Gasteiger partial charge in [-0.3, -0.25) is 24.2 Å². The van der Waals surface area contributed by atoms with Crippen molar-refractivity contribution in [3.63, 3.8) is 0 Å². The minimum Gasteiger partial charge on any atom is -0.486 e. The molecule has 2 N–H and O–H groups in total. The quantitative estimate of drug-likeness (QED) is 0.537. The number of amides is 2. The summed E-state index contributed by atoms with van der Waals surface area (Å²) in [6.45, 7) is 7.41. The maximum Gasteiger partial charge on any atom is 0.325 e. The maximum absolute atomic E-state index is 13.1. The number of ether oxygens (including phenoxy) is 2. The highest BCUT2D eigenvalue weighted by Gasteiger charge is 2.34. The Morgan fingerprint density at radius 1 is 0.974 bits per heavy atom. The van der Waals surface area contributed by atoms with Crippen molar-refractivity contribution < 1.29 is 28.7 Å². The molecule has 39 heavy (non-hydrogen) atoms. The summed E-state index contributed by atoms with van der Waals surface area (Å²) < 4.78 is 11.5. The number of fused-ring (bicyclic) bond motifs is 12. The lowest BCUT2D eigenvalue weighted by Crippen LogP contribution is -2.59. The van der Waals surface area contributed by atoms with Gasteiger partial charge in [0.05, 0.1) is 0 Å². The lowest BCUT2D eigenvalue weighted by atomic mass is 9.89. The van der Waals surface area contributed by atoms with Crippen LogP contribution in [0.1, 0.15) is 58.6 Å². The summed E-state index contributed by atoms with van der Waals surface area (Å²) in [5.74, 6) is -1.55. The standard InChI is InChI=1S/C30H37N3O6/c1-18(2)26-16-24(34)17-38-25-12-10-21(11-13-25)23-8-5-7-22(15-23)20(4)39-30(37)27-9-6-14-33(32-27)29(36)19(3)31-28(26)35/h5,7-8,10-13,15,18-20,26-27,32H,6,9,14,16-17H2,1-4H3,(H,31,35)/t19-,20+,26?,27-/m0/s1. The number of Topliss-reactive ketones (excluding diaryl/α,β-unsaturated/α-hetero) is 1. The fourth-order valence-electron chi connectivity index (χ4n) is 4.87. The molecule has 1 saturated heterocycles. The van der Waals surface area contributed by atoms with Crippen molar-refractivity contribution in [1.29, 1.82) is 0 Å². The molecule has 9 nitrogen and oxygen atoms in total. The van der Waals surface area contributed by atoms with Crippen LogP contribution in [0.4, 0.5) is 0 Å².